The third kappa shape index (κ3) is 3.96. The smallest absolute Gasteiger partial charge is 0.406 e. The average Bonchev–Trinajstić information content (AvgIpc) is 2.78. The van der Waals surface area contributed by atoms with E-state index >= 15 is 0 Å². The van der Waals surface area contributed by atoms with E-state index in [1.807, 2.05) is 24.3 Å². The number of aromatic nitrogens is 1. The summed E-state index contributed by atoms with van der Waals surface area (Å²) in [7, 11) is 0. The van der Waals surface area contributed by atoms with Gasteiger partial charge in [0, 0.05) is 23.6 Å². The molecule has 2 heterocycles. The molecule has 26 heavy (non-hydrogen) atoms. The molecule has 0 bridgehead atoms. The number of carbonyl (C=O) groups is 1. The van der Waals surface area contributed by atoms with Crippen LogP contribution >= 0.6 is 11.8 Å². The Hall–Kier alpha value is -2.61. The zero-order valence-electron chi connectivity index (χ0n) is 14.5. The minimum Gasteiger partial charge on any atom is -0.476 e. The molecule has 1 atom stereocenters. The number of amides is 1. The molecule has 0 unspecified atom stereocenters. The van der Waals surface area contributed by atoms with Crippen molar-refractivity contribution >= 4 is 29.2 Å². The highest BCUT2D eigenvalue weighted by Gasteiger charge is 2.25. The monoisotopic (exact) mass is 373 g/mol. The molecule has 1 aromatic heterocycles. The quantitative estimate of drug-likeness (QED) is 0.601. The molecule has 7 nitrogen and oxygen atoms in total. The number of hydrogen-bond donors (Lipinski definition) is 0. The number of rotatable bonds is 4. The van der Waals surface area contributed by atoms with Gasteiger partial charge < -0.3 is 19.8 Å². The van der Waals surface area contributed by atoms with Crippen LogP contribution < -0.4 is 9.64 Å². The Morgan fingerprint density at radius 3 is 2.92 bits per heavy atom. The van der Waals surface area contributed by atoms with Gasteiger partial charge in [0.1, 0.15) is 5.69 Å². The highest BCUT2D eigenvalue weighted by atomic mass is 32.2. The number of aryl methyl sites for hydroxylation is 1. The van der Waals surface area contributed by atoms with Crippen LogP contribution in [-0.4, -0.2) is 34.2 Å². The molecule has 1 aliphatic heterocycles. The van der Waals surface area contributed by atoms with Gasteiger partial charge in [-0.05, 0) is 40.6 Å². The van der Waals surface area contributed by atoms with Crippen LogP contribution in [-0.2, 0) is 4.79 Å². The third-order valence-corrected chi connectivity index (χ3v) is 5.28. The zero-order valence-corrected chi connectivity index (χ0v) is 15.4. The number of thioether (sulfide) groups is 1. The lowest BCUT2D eigenvalue weighted by Crippen LogP contribution is -2.36. The van der Waals surface area contributed by atoms with E-state index in [0.29, 0.717) is 17.5 Å². The summed E-state index contributed by atoms with van der Waals surface area (Å²) < 4.78 is 5.45. The molecule has 0 N–H and O–H groups in total. The summed E-state index contributed by atoms with van der Waals surface area (Å²) in [6.07, 6.45) is 0.858. The van der Waals surface area contributed by atoms with Crippen molar-refractivity contribution in [1.29, 1.82) is 0 Å². The summed E-state index contributed by atoms with van der Waals surface area (Å²) in [6.45, 7) is 4.10. The molecular formula is C18H19N3O4S. The Kier molecular flexibility index (Phi) is 5.41. The average molecular weight is 373 g/mol. The molecule has 0 fully saturated rings. The summed E-state index contributed by atoms with van der Waals surface area (Å²) in [5.74, 6) is -0.611. The minimum atomic E-state index is -0.605. The van der Waals surface area contributed by atoms with E-state index in [2.05, 4.69) is 11.9 Å². The van der Waals surface area contributed by atoms with Crippen molar-refractivity contribution in [3.05, 3.63) is 52.2 Å². The Morgan fingerprint density at radius 2 is 2.15 bits per heavy atom. The number of para-hydroxylation sites is 1. The zero-order chi connectivity index (χ0) is 18.7. The van der Waals surface area contributed by atoms with Crippen molar-refractivity contribution in [3.63, 3.8) is 0 Å². The predicted octanol–water partition coefficient (Wildman–Crippen LogP) is 3.59. The number of benzene rings is 1. The molecular weight excluding hydrogens is 354 g/mol. The molecule has 136 valence electrons. The van der Waals surface area contributed by atoms with E-state index in [1.165, 1.54) is 6.07 Å². The molecule has 0 aliphatic carbocycles. The first-order valence-corrected chi connectivity index (χ1v) is 9.14. The van der Waals surface area contributed by atoms with Crippen LogP contribution in [0, 0.1) is 17.0 Å². The molecule has 0 spiro atoms. The summed E-state index contributed by atoms with van der Waals surface area (Å²) in [5, 5.41) is 11.5. The first-order valence-electron chi connectivity index (χ1n) is 8.26. The van der Waals surface area contributed by atoms with Crippen molar-refractivity contribution in [3.8, 4) is 5.75 Å². The van der Waals surface area contributed by atoms with Gasteiger partial charge in [0.25, 0.3) is 5.91 Å². The molecule has 1 aliphatic rings. The van der Waals surface area contributed by atoms with Crippen LogP contribution in [0.25, 0.3) is 0 Å². The summed E-state index contributed by atoms with van der Waals surface area (Å²) >= 11 is 1.74. The summed E-state index contributed by atoms with van der Waals surface area (Å²) in [4.78, 5) is 29.9. The maximum atomic E-state index is 12.7. The van der Waals surface area contributed by atoms with Crippen LogP contribution in [0.4, 0.5) is 11.5 Å². The van der Waals surface area contributed by atoms with Gasteiger partial charge in [-0.25, -0.2) is 0 Å². The highest BCUT2D eigenvalue weighted by Crippen LogP contribution is 2.37. The third-order valence-electron chi connectivity index (χ3n) is 4.05. The first kappa shape index (κ1) is 18.2. The van der Waals surface area contributed by atoms with Gasteiger partial charge in [-0.2, -0.15) is 0 Å². The number of ether oxygens (including phenoxy) is 1. The number of carbonyl (C=O) groups excluding carboxylic acids is 1. The van der Waals surface area contributed by atoms with E-state index < -0.39 is 4.92 Å². The van der Waals surface area contributed by atoms with E-state index in [4.69, 9.17) is 4.74 Å². The topological polar surface area (TPSA) is 85.6 Å². The largest absolute Gasteiger partial charge is 0.476 e. The molecule has 3 rings (SSSR count). The number of pyridine rings is 1. The normalized spacial score (nSPS) is 16.5. The van der Waals surface area contributed by atoms with Crippen LogP contribution in [0.1, 0.15) is 19.0 Å². The van der Waals surface area contributed by atoms with Crippen molar-refractivity contribution in [2.24, 2.45) is 0 Å². The Labute approximate surface area is 155 Å². The second-order valence-electron chi connectivity index (χ2n) is 6.05. The second-order valence-corrected chi connectivity index (χ2v) is 7.53. The standard InChI is InChI=1S/C18H19N3O4S/c1-12-7-8-15(18(19-12)21(23)24)25-11-17(22)20-10-9-13(2)26-16-6-4-3-5-14(16)20/h3-8,13H,9-11H2,1-2H3/t13-/m0/s1. The van der Waals surface area contributed by atoms with Gasteiger partial charge in [-0.15, -0.1) is 11.8 Å². The van der Waals surface area contributed by atoms with Gasteiger partial charge in [0.15, 0.2) is 6.61 Å². The highest BCUT2D eigenvalue weighted by molar-refractivity contribution is 8.00. The number of nitrogens with zero attached hydrogens (tertiary/aromatic N) is 3. The lowest BCUT2D eigenvalue weighted by atomic mass is 10.2. The van der Waals surface area contributed by atoms with E-state index in [-0.39, 0.29) is 24.1 Å². The number of hydrogen-bond acceptors (Lipinski definition) is 6. The van der Waals surface area contributed by atoms with Gasteiger partial charge >= 0.3 is 5.82 Å². The van der Waals surface area contributed by atoms with E-state index in [0.717, 1.165) is 17.0 Å². The Balaban J connectivity index is 1.78. The summed E-state index contributed by atoms with van der Waals surface area (Å²) in [5.41, 5.74) is 1.37. The van der Waals surface area contributed by atoms with Crippen LogP contribution in [0.15, 0.2) is 41.3 Å². The van der Waals surface area contributed by atoms with Crippen molar-refractivity contribution in [1.82, 2.24) is 4.98 Å². The molecule has 1 amide bonds. The Morgan fingerprint density at radius 1 is 1.38 bits per heavy atom. The van der Waals surface area contributed by atoms with Crippen LogP contribution in [0.3, 0.4) is 0 Å². The van der Waals surface area contributed by atoms with Gasteiger partial charge in [-0.1, -0.05) is 19.1 Å². The molecule has 8 heteroatoms. The molecule has 2 aromatic rings. The SMILES string of the molecule is Cc1ccc(OCC(=O)N2CC[C@H](C)Sc3ccccc32)c([N+](=O)[O-])n1. The number of fused-ring (bicyclic) bond motifs is 1. The van der Waals surface area contributed by atoms with E-state index in [9.17, 15) is 14.9 Å². The predicted molar refractivity (Wildman–Crippen MR) is 99.9 cm³/mol. The minimum absolute atomic E-state index is 0.000185. The van der Waals surface area contributed by atoms with Gasteiger partial charge in [0.2, 0.25) is 5.75 Å². The number of nitro groups is 1. The molecule has 0 radical (unpaired) electrons. The first-order chi connectivity index (χ1) is 12.5. The van der Waals surface area contributed by atoms with Crippen molar-refractivity contribution in [2.45, 2.75) is 30.4 Å². The van der Waals surface area contributed by atoms with Crippen LogP contribution in [0.2, 0.25) is 0 Å². The second kappa shape index (κ2) is 7.74. The number of anilines is 1. The molecule has 0 saturated carbocycles. The fourth-order valence-corrected chi connectivity index (χ4v) is 3.85. The fourth-order valence-electron chi connectivity index (χ4n) is 2.74. The van der Waals surface area contributed by atoms with E-state index in [1.54, 1.807) is 29.7 Å². The fraction of sp³-hybridized carbons (Fsp3) is 0.333. The Bertz CT molecular complexity index is 843. The lowest BCUT2D eigenvalue weighted by Gasteiger charge is -2.22. The maximum absolute atomic E-state index is 12.7. The van der Waals surface area contributed by atoms with Crippen LogP contribution in [0.5, 0.6) is 5.75 Å². The molecule has 0 saturated heterocycles. The van der Waals surface area contributed by atoms with Crippen molar-refractivity contribution < 1.29 is 14.5 Å². The lowest BCUT2D eigenvalue weighted by molar-refractivity contribution is -0.390. The van der Waals surface area contributed by atoms with Crippen molar-refractivity contribution in [2.75, 3.05) is 18.1 Å². The summed E-state index contributed by atoms with van der Waals surface area (Å²) in [6, 6.07) is 10.8. The van der Waals surface area contributed by atoms with Gasteiger partial charge in [0.05, 0.1) is 5.69 Å². The molecule has 1 aromatic carbocycles. The maximum Gasteiger partial charge on any atom is 0.406 e. The van der Waals surface area contributed by atoms with Gasteiger partial charge in [-0.3, -0.25) is 4.79 Å².